The molecule has 1 unspecified atom stereocenters. The van der Waals surface area contributed by atoms with Gasteiger partial charge in [-0.15, -0.1) is 0 Å². The molecule has 0 spiro atoms. The maximum atomic E-state index is 6.07. The average Bonchev–Trinajstić information content (AvgIpc) is 3.05. The summed E-state index contributed by atoms with van der Waals surface area (Å²) in [6.45, 7) is 11.3. The highest BCUT2D eigenvalue weighted by molar-refractivity contribution is 6.30. The van der Waals surface area contributed by atoms with Crippen LogP contribution in [0.4, 0.5) is 0 Å². The van der Waals surface area contributed by atoms with E-state index in [2.05, 4.69) is 46.8 Å². The molecule has 5 nitrogen and oxygen atoms in total. The van der Waals surface area contributed by atoms with Gasteiger partial charge >= 0.3 is 0 Å². The first-order valence-electron chi connectivity index (χ1n) is 8.57. The zero-order valence-corrected chi connectivity index (χ0v) is 15.3. The van der Waals surface area contributed by atoms with Crippen LogP contribution in [-0.2, 0) is 6.54 Å². The Labute approximate surface area is 148 Å². The third-order valence-electron chi connectivity index (χ3n) is 4.58. The molecule has 3 rings (SSSR count). The highest BCUT2D eigenvalue weighted by atomic mass is 35.5. The van der Waals surface area contributed by atoms with Crippen molar-refractivity contribution in [2.24, 2.45) is 0 Å². The quantitative estimate of drug-likeness (QED) is 0.824. The molecule has 0 amide bonds. The minimum atomic E-state index is 0.165. The van der Waals surface area contributed by atoms with E-state index in [4.69, 9.17) is 16.1 Å². The maximum absolute atomic E-state index is 6.07. The minimum Gasteiger partial charge on any atom is -0.338 e. The summed E-state index contributed by atoms with van der Waals surface area (Å²) < 4.78 is 5.45. The van der Waals surface area contributed by atoms with E-state index < -0.39 is 0 Å². The summed E-state index contributed by atoms with van der Waals surface area (Å²) in [4.78, 5) is 9.40. The Balaban J connectivity index is 1.54. The summed E-state index contributed by atoms with van der Waals surface area (Å²) >= 11 is 6.07. The molecule has 1 aromatic heterocycles. The number of hydrogen-bond acceptors (Lipinski definition) is 5. The Morgan fingerprint density at radius 1 is 1.17 bits per heavy atom. The predicted octanol–water partition coefficient (Wildman–Crippen LogP) is 3.73. The smallest absolute Gasteiger partial charge is 0.243 e. The van der Waals surface area contributed by atoms with Gasteiger partial charge in [-0.2, -0.15) is 4.98 Å². The molecule has 2 heterocycles. The molecule has 1 atom stereocenters. The van der Waals surface area contributed by atoms with Crippen molar-refractivity contribution < 1.29 is 4.52 Å². The van der Waals surface area contributed by atoms with E-state index in [1.54, 1.807) is 0 Å². The number of nitrogens with zero attached hydrogens (tertiary/aromatic N) is 4. The van der Waals surface area contributed by atoms with Gasteiger partial charge in [0.2, 0.25) is 5.89 Å². The zero-order valence-electron chi connectivity index (χ0n) is 14.6. The number of piperazine rings is 1. The third-order valence-corrected chi connectivity index (χ3v) is 4.82. The van der Waals surface area contributed by atoms with Crippen molar-refractivity contribution in [3.8, 4) is 0 Å². The van der Waals surface area contributed by atoms with Gasteiger partial charge in [-0.25, -0.2) is 0 Å². The SMILES string of the molecule is CC(C)c1noc(C(C)N2CCN(Cc3cccc(Cl)c3)CC2)n1. The molecule has 1 aliphatic rings. The van der Waals surface area contributed by atoms with E-state index in [0.29, 0.717) is 5.92 Å². The average molecular weight is 349 g/mol. The Morgan fingerprint density at radius 2 is 1.92 bits per heavy atom. The van der Waals surface area contributed by atoms with Crippen molar-refractivity contribution >= 4 is 11.6 Å². The van der Waals surface area contributed by atoms with E-state index in [1.165, 1.54) is 5.56 Å². The minimum absolute atomic E-state index is 0.165. The molecule has 1 fully saturated rings. The fourth-order valence-electron chi connectivity index (χ4n) is 3.01. The molecule has 1 aromatic carbocycles. The number of aromatic nitrogens is 2. The van der Waals surface area contributed by atoms with Crippen LogP contribution in [0.25, 0.3) is 0 Å². The second-order valence-electron chi connectivity index (χ2n) is 6.76. The lowest BCUT2D eigenvalue weighted by Crippen LogP contribution is -2.46. The largest absolute Gasteiger partial charge is 0.338 e. The highest BCUT2D eigenvalue weighted by Crippen LogP contribution is 2.22. The van der Waals surface area contributed by atoms with Crippen LogP contribution >= 0.6 is 11.6 Å². The number of hydrogen-bond donors (Lipinski definition) is 0. The lowest BCUT2D eigenvalue weighted by molar-refractivity contribution is 0.0845. The van der Waals surface area contributed by atoms with E-state index in [-0.39, 0.29) is 6.04 Å². The topological polar surface area (TPSA) is 45.4 Å². The molecule has 24 heavy (non-hydrogen) atoms. The van der Waals surface area contributed by atoms with Crippen LogP contribution in [0.3, 0.4) is 0 Å². The van der Waals surface area contributed by atoms with Crippen LogP contribution in [0.1, 0.15) is 50.0 Å². The molecule has 1 aliphatic heterocycles. The first-order valence-corrected chi connectivity index (χ1v) is 8.95. The van der Waals surface area contributed by atoms with Crippen LogP contribution in [0, 0.1) is 0 Å². The fourth-order valence-corrected chi connectivity index (χ4v) is 3.22. The Morgan fingerprint density at radius 3 is 2.54 bits per heavy atom. The van der Waals surface area contributed by atoms with E-state index in [1.807, 2.05) is 18.2 Å². The van der Waals surface area contributed by atoms with Gasteiger partial charge in [-0.3, -0.25) is 9.80 Å². The van der Waals surface area contributed by atoms with E-state index >= 15 is 0 Å². The normalized spacial score (nSPS) is 18.2. The number of halogens is 1. The molecule has 0 radical (unpaired) electrons. The zero-order chi connectivity index (χ0) is 17.1. The summed E-state index contributed by atoms with van der Waals surface area (Å²) in [6, 6.07) is 8.27. The van der Waals surface area contributed by atoms with Gasteiger partial charge in [0.1, 0.15) is 0 Å². The molecule has 6 heteroatoms. The molecule has 0 aliphatic carbocycles. The van der Waals surface area contributed by atoms with Gasteiger partial charge in [0.05, 0.1) is 6.04 Å². The third kappa shape index (κ3) is 4.15. The first kappa shape index (κ1) is 17.4. The lowest BCUT2D eigenvalue weighted by Gasteiger charge is -2.36. The van der Waals surface area contributed by atoms with Crippen molar-refractivity contribution in [3.63, 3.8) is 0 Å². The van der Waals surface area contributed by atoms with Gasteiger partial charge in [0.15, 0.2) is 5.82 Å². The maximum Gasteiger partial charge on any atom is 0.243 e. The van der Waals surface area contributed by atoms with Crippen LogP contribution in [0.15, 0.2) is 28.8 Å². The van der Waals surface area contributed by atoms with E-state index in [9.17, 15) is 0 Å². The lowest BCUT2D eigenvalue weighted by atomic mass is 10.1. The summed E-state index contributed by atoms with van der Waals surface area (Å²) in [5, 5.41) is 4.88. The van der Waals surface area contributed by atoms with Crippen LogP contribution in [0.5, 0.6) is 0 Å². The second-order valence-corrected chi connectivity index (χ2v) is 7.20. The number of benzene rings is 1. The molecule has 0 N–H and O–H groups in total. The second kappa shape index (κ2) is 7.64. The van der Waals surface area contributed by atoms with Crippen molar-refractivity contribution in [1.29, 1.82) is 0 Å². The van der Waals surface area contributed by atoms with Crippen molar-refractivity contribution in [2.75, 3.05) is 26.2 Å². The Hall–Kier alpha value is -1.43. The van der Waals surface area contributed by atoms with Gasteiger partial charge < -0.3 is 4.52 Å². The van der Waals surface area contributed by atoms with Crippen molar-refractivity contribution in [2.45, 2.75) is 39.3 Å². The monoisotopic (exact) mass is 348 g/mol. The fraction of sp³-hybridized carbons (Fsp3) is 0.556. The molecular formula is C18H25ClN4O. The van der Waals surface area contributed by atoms with Crippen molar-refractivity contribution in [1.82, 2.24) is 19.9 Å². The predicted molar refractivity (Wildman–Crippen MR) is 95.1 cm³/mol. The van der Waals surface area contributed by atoms with Crippen LogP contribution < -0.4 is 0 Å². The van der Waals surface area contributed by atoms with Gasteiger partial charge in [0.25, 0.3) is 0 Å². The summed E-state index contributed by atoms with van der Waals surface area (Å²) in [5.74, 6) is 1.81. The summed E-state index contributed by atoms with van der Waals surface area (Å²) in [5.41, 5.74) is 1.27. The van der Waals surface area contributed by atoms with Crippen LogP contribution in [0.2, 0.25) is 5.02 Å². The molecule has 1 saturated heterocycles. The number of rotatable bonds is 5. The highest BCUT2D eigenvalue weighted by Gasteiger charge is 2.26. The molecule has 0 saturated carbocycles. The Bertz CT molecular complexity index is 665. The van der Waals surface area contributed by atoms with Gasteiger partial charge in [-0.05, 0) is 24.6 Å². The Kier molecular flexibility index (Phi) is 5.54. The summed E-state index contributed by atoms with van der Waals surface area (Å²) in [7, 11) is 0. The van der Waals surface area contributed by atoms with Crippen LogP contribution in [-0.4, -0.2) is 46.1 Å². The standard InChI is InChI=1S/C18H25ClN4O/c1-13(2)17-20-18(24-21-17)14(3)23-9-7-22(8-10-23)12-15-5-4-6-16(19)11-15/h4-6,11,13-14H,7-10,12H2,1-3H3. The molecular weight excluding hydrogens is 324 g/mol. The van der Waals surface area contributed by atoms with Crippen molar-refractivity contribution in [3.05, 3.63) is 46.6 Å². The summed E-state index contributed by atoms with van der Waals surface area (Å²) in [6.07, 6.45) is 0. The first-order chi connectivity index (χ1) is 11.5. The molecule has 0 bridgehead atoms. The van der Waals surface area contributed by atoms with Gasteiger partial charge in [-0.1, -0.05) is 42.7 Å². The van der Waals surface area contributed by atoms with E-state index in [0.717, 1.165) is 49.5 Å². The van der Waals surface area contributed by atoms with Gasteiger partial charge in [0, 0.05) is 43.7 Å². The molecule has 2 aromatic rings. The molecule has 130 valence electrons.